The van der Waals surface area contributed by atoms with Crippen molar-refractivity contribution in [1.29, 1.82) is 0 Å². The Morgan fingerprint density at radius 1 is 1.44 bits per heavy atom. The lowest BCUT2D eigenvalue weighted by Gasteiger charge is -2.30. The van der Waals surface area contributed by atoms with E-state index in [1.54, 1.807) is 0 Å². The number of hydrazine groups is 1. The lowest BCUT2D eigenvalue weighted by Crippen LogP contribution is -2.36. The maximum absolute atomic E-state index is 3.53. The normalized spacial score (nSPS) is 24.3. The summed E-state index contributed by atoms with van der Waals surface area (Å²) in [5.74, 6) is 1.16. The van der Waals surface area contributed by atoms with Gasteiger partial charge in [-0.05, 0) is 29.7 Å². The van der Waals surface area contributed by atoms with E-state index in [0.717, 1.165) is 5.75 Å². The van der Waals surface area contributed by atoms with Crippen molar-refractivity contribution >= 4 is 11.8 Å². The van der Waals surface area contributed by atoms with Gasteiger partial charge in [-0.15, -0.1) is 0 Å². The zero-order chi connectivity index (χ0) is 13.3. The van der Waals surface area contributed by atoms with Crippen LogP contribution >= 0.6 is 11.8 Å². The quantitative estimate of drug-likeness (QED) is 0.836. The molecule has 0 aromatic heterocycles. The van der Waals surface area contributed by atoms with E-state index < -0.39 is 0 Å². The molecule has 2 nitrogen and oxygen atoms in total. The molecule has 0 aliphatic carbocycles. The molecule has 2 aliphatic rings. The zero-order valence-corrected chi connectivity index (χ0v) is 12.8. The topological polar surface area (TPSA) is 15.3 Å². The largest absolute Gasteiger partial charge is 0.301 e. The van der Waals surface area contributed by atoms with E-state index in [4.69, 9.17) is 0 Å². The van der Waals surface area contributed by atoms with Gasteiger partial charge >= 0.3 is 0 Å². The van der Waals surface area contributed by atoms with Gasteiger partial charge in [-0.3, -0.25) is 5.01 Å². The Labute approximate surface area is 115 Å². The van der Waals surface area contributed by atoms with E-state index in [1.165, 1.54) is 11.3 Å². The highest BCUT2D eigenvalue weighted by Gasteiger charge is 2.28. The predicted molar refractivity (Wildman–Crippen MR) is 81.1 cm³/mol. The summed E-state index contributed by atoms with van der Waals surface area (Å²) in [7, 11) is 0. The molecular weight excluding hydrogens is 240 g/mol. The molecule has 2 heterocycles. The van der Waals surface area contributed by atoms with Crippen molar-refractivity contribution in [2.45, 2.75) is 45.9 Å². The van der Waals surface area contributed by atoms with Gasteiger partial charge in [0.1, 0.15) is 0 Å². The molecule has 0 bridgehead atoms. The molecule has 2 atom stereocenters. The van der Waals surface area contributed by atoms with Crippen LogP contribution in [-0.2, 0) is 0 Å². The first-order valence-corrected chi connectivity index (χ1v) is 7.75. The number of nitrogens with zero attached hydrogens (tertiary/aromatic N) is 1. The molecule has 1 N–H and O–H groups in total. The second-order valence-electron chi connectivity index (χ2n) is 5.92. The van der Waals surface area contributed by atoms with Crippen LogP contribution < -0.4 is 5.43 Å². The maximum Gasteiger partial charge on any atom is 0.0882 e. The van der Waals surface area contributed by atoms with Crippen molar-refractivity contribution in [3.8, 4) is 0 Å². The molecule has 2 unspecified atom stereocenters. The van der Waals surface area contributed by atoms with E-state index in [1.807, 2.05) is 11.8 Å². The molecule has 3 heteroatoms. The molecule has 0 fully saturated rings. The summed E-state index contributed by atoms with van der Waals surface area (Å²) < 4.78 is 0. The number of hydrogen-bond donors (Lipinski definition) is 1. The summed E-state index contributed by atoms with van der Waals surface area (Å²) in [6, 6.07) is 0.381. The fourth-order valence-corrected chi connectivity index (χ4v) is 3.01. The Hall–Kier alpha value is -0.830. The number of nitrogens with one attached hydrogen (secondary N) is 1. The SMILES string of the molecule is CCSC(C)C1=CC2C=CC(C(C)(C)C)=CN2N1. The maximum atomic E-state index is 3.53. The summed E-state index contributed by atoms with van der Waals surface area (Å²) in [5.41, 5.74) is 6.44. The molecule has 0 amide bonds. The Morgan fingerprint density at radius 2 is 2.17 bits per heavy atom. The van der Waals surface area contributed by atoms with Gasteiger partial charge in [0, 0.05) is 17.1 Å². The van der Waals surface area contributed by atoms with Gasteiger partial charge in [-0.2, -0.15) is 11.8 Å². The van der Waals surface area contributed by atoms with Crippen LogP contribution in [0.25, 0.3) is 0 Å². The number of thioether (sulfide) groups is 1. The van der Waals surface area contributed by atoms with Gasteiger partial charge in [0.15, 0.2) is 0 Å². The number of allylic oxidation sites excluding steroid dienone is 2. The van der Waals surface area contributed by atoms with E-state index in [-0.39, 0.29) is 5.41 Å². The van der Waals surface area contributed by atoms with Crippen LogP contribution in [0.3, 0.4) is 0 Å². The minimum absolute atomic E-state index is 0.204. The van der Waals surface area contributed by atoms with Crippen molar-refractivity contribution in [2.24, 2.45) is 5.41 Å². The highest BCUT2D eigenvalue weighted by molar-refractivity contribution is 8.00. The number of rotatable bonds is 3. The molecule has 100 valence electrons. The van der Waals surface area contributed by atoms with Gasteiger partial charge < -0.3 is 5.43 Å². The third kappa shape index (κ3) is 2.77. The molecule has 0 aromatic rings. The van der Waals surface area contributed by atoms with E-state index >= 15 is 0 Å². The van der Waals surface area contributed by atoms with E-state index in [0.29, 0.717) is 11.3 Å². The number of hydrogen-bond acceptors (Lipinski definition) is 3. The van der Waals surface area contributed by atoms with Crippen molar-refractivity contribution < 1.29 is 0 Å². The molecule has 18 heavy (non-hydrogen) atoms. The van der Waals surface area contributed by atoms with Crippen molar-refractivity contribution in [2.75, 3.05) is 5.75 Å². The van der Waals surface area contributed by atoms with E-state index in [2.05, 4.69) is 69.5 Å². The van der Waals surface area contributed by atoms with Gasteiger partial charge in [0.2, 0.25) is 0 Å². The standard InChI is InChI=1S/C15H24N2S/c1-6-18-11(2)14-9-13-8-7-12(15(3,4)5)10-17(13)16-14/h7-11,13,16H,6H2,1-5H3. The van der Waals surface area contributed by atoms with Crippen molar-refractivity contribution in [3.63, 3.8) is 0 Å². The fraction of sp³-hybridized carbons (Fsp3) is 0.600. The molecule has 0 saturated heterocycles. The summed E-state index contributed by atoms with van der Waals surface area (Å²) >= 11 is 1.98. The van der Waals surface area contributed by atoms with Crippen molar-refractivity contribution in [1.82, 2.24) is 10.4 Å². The van der Waals surface area contributed by atoms with Gasteiger partial charge in [0.05, 0.1) is 6.04 Å². The van der Waals surface area contributed by atoms with Crippen LogP contribution in [0, 0.1) is 5.41 Å². The molecule has 2 aliphatic heterocycles. The highest BCUT2D eigenvalue weighted by atomic mass is 32.2. The van der Waals surface area contributed by atoms with Gasteiger partial charge in [-0.25, -0.2) is 0 Å². The molecule has 2 rings (SSSR count). The van der Waals surface area contributed by atoms with Crippen LogP contribution in [0.1, 0.15) is 34.6 Å². The average Bonchev–Trinajstić information content (AvgIpc) is 2.70. The lowest BCUT2D eigenvalue weighted by molar-refractivity contribution is 0.302. The second kappa shape index (κ2) is 5.04. The Bertz CT molecular complexity index is 401. The zero-order valence-electron chi connectivity index (χ0n) is 12.0. The van der Waals surface area contributed by atoms with Crippen LogP contribution in [0.4, 0.5) is 0 Å². The third-order valence-electron chi connectivity index (χ3n) is 3.40. The molecule has 0 radical (unpaired) electrons. The van der Waals surface area contributed by atoms with Gasteiger partial charge in [-0.1, -0.05) is 39.8 Å². The lowest BCUT2D eigenvalue weighted by atomic mass is 9.85. The van der Waals surface area contributed by atoms with Crippen LogP contribution in [-0.4, -0.2) is 22.1 Å². The Kier molecular flexibility index (Phi) is 3.81. The van der Waals surface area contributed by atoms with Crippen LogP contribution in [0.5, 0.6) is 0 Å². The van der Waals surface area contributed by atoms with Crippen LogP contribution in [0.2, 0.25) is 0 Å². The smallest absolute Gasteiger partial charge is 0.0882 e. The molecule has 0 spiro atoms. The highest BCUT2D eigenvalue weighted by Crippen LogP contribution is 2.32. The first kappa shape index (κ1) is 13.6. The average molecular weight is 264 g/mol. The minimum atomic E-state index is 0.204. The predicted octanol–water partition coefficient (Wildman–Crippen LogP) is 3.70. The van der Waals surface area contributed by atoms with Crippen molar-refractivity contribution in [3.05, 3.63) is 35.7 Å². The number of fused-ring (bicyclic) bond motifs is 1. The second-order valence-corrected chi connectivity index (χ2v) is 7.54. The first-order valence-electron chi connectivity index (χ1n) is 6.70. The summed E-state index contributed by atoms with van der Waals surface area (Å²) in [4.78, 5) is 0. The van der Waals surface area contributed by atoms with E-state index in [9.17, 15) is 0 Å². The monoisotopic (exact) mass is 264 g/mol. The van der Waals surface area contributed by atoms with Gasteiger partial charge in [0.25, 0.3) is 0 Å². The molecule has 0 saturated carbocycles. The molecule has 0 aromatic carbocycles. The fourth-order valence-electron chi connectivity index (χ4n) is 2.20. The Morgan fingerprint density at radius 3 is 2.78 bits per heavy atom. The third-order valence-corrected chi connectivity index (χ3v) is 4.49. The minimum Gasteiger partial charge on any atom is -0.301 e. The first-order chi connectivity index (χ1) is 8.41. The molecular formula is C15H24N2S. The Balaban J connectivity index is 2.09. The summed E-state index contributed by atoms with van der Waals surface area (Å²) in [6.07, 6.45) is 9.13. The van der Waals surface area contributed by atoms with Crippen LogP contribution in [0.15, 0.2) is 35.7 Å². The summed E-state index contributed by atoms with van der Waals surface area (Å²) in [5, 5.41) is 2.77. The summed E-state index contributed by atoms with van der Waals surface area (Å²) in [6.45, 7) is 11.2.